The number of nitrogens with one attached hydrogen (secondary N) is 1. The zero-order valence-corrected chi connectivity index (χ0v) is 14.8. The molecule has 1 rings (SSSR count). The van der Waals surface area contributed by atoms with Gasteiger partial charge in [-0.2, -0.15) is 0 Å². The predicted molar refractivity (Wildman–Crippen MR) is 92.2 cm³/mol. The van der Waals surface area contributed by atoms with E-state index in [4.69, 9.17) is 16.2 Å². The Kier molecular flexibility index (Phi) is 8.43. The molecule has 0 fully saturated rings. The van der Waals surface area contributed by atoms with Gasteiger partial charge in [0.25, 0.3) is 0 Å². The topological polar surface area (TPSA) is 125 Å². The van der Waals surface area contributed by atoms with Crippen molar-refractivity contribution >= 4 is 30.2 Å². The number of benzene rings is 1. The standard InChI is InChI=1S/C16H23N3O4.ClH/c1-16(2,3)23-12(20)9-11(17)15(22)19-13(14(18)21)10-7-5-4-6-8-10;/h4-8,11,13H,9,17H2,1-3H3,(H2,18,21)(H,19,22);1H/t11-,13+;/m0./s1. The van der Waals surface area contributed by atoms with E-state index in [1.165, 1.54) is 0 Å². The fourth-order valence-corrected chi connectivity index (χ4v) is 1.87. The molecule has 1 aromatic rings. The Bertz CT molecular complexity index is 572. The van der Waals surface area contributed by atoms with Crippen LogP contribution in [0.5, 0.6) is 0 Å². The monoisotopic (exact) mass is 357 g/mol. The van der Waals surface area contributed by atoms with E-state index in [1.54, 1.807) is 51.1 Å². The van der Waals surface area contributed by atoms with Crippen LogP contribution in [0.2, 0.25) is 0 Å². The van der Waals surface area contributed by atoms with Crippen LogP contribution in [-0.4, -0.2) is 29.4 Å². The van der Waals surface area contributed by atoms with Gasteiger partial charge >= 0.3 is 5.97 Å². The summed E-state index contributed by atoms with van der Waals surface area (Å²) in [6.45, 7) is 5.15. The van der Waals surface area contributed by atoms with Crippen LogP contribution in [0.25, 0.3) is 0 Å². The molecule has 1 aromatic carbocycles. The molecule has 0 aliphatic heterocycles. The van der Waals surface area contributed by atoms with Gasteiger partial charge in [0.15, 0.2) is 0 Å². The number of hydrogen-bond donors (Lipinski definition) is 3. The number of hydrogen-bond acceptors (Lipinski definition) is 5. The van der Waals surface area contributed by atoms with E-state index in [9.17, 15) is 14.4 Å². The third kappa shape index (κ3) is 7.43. The molecule has 0 saturated heterocycles. The summed E-state index contributed by atoms with van der Waals surface area (Å²) in [4.78, 5) is 35.3. The summed E-state index contributed by atoms with van der Waals surface area (Å²) < 4.78 is 5.11. The first kappa shape index (κ1) is 21.9. The first-order valence-electron chi connectivity index (χ1n) is 7.22. The highest BCUT2D eigenvalue weighted by atomic mass is 35.5. The smallest absolute Gasteiger partial charge is 0.308 e. The minimum atomic E-state index is -1.13. The summed E-state index contributed by atoms with van der Waals surface area (Å²) in [5.41, 5.74) is 10.9. The molecule has 0 aliphatic carbocycles. The maximum absolute atomic E-state index is 12.1. The molecular formula is C16H24ClN3O4. The average Bonchev–Trinajstić information content (AvgIpc) is 2.42. The second-order valence-corrected chi connectivity index (χ2v) is 6.15. The Morgan fingerprint density at radius 2 is 1.71 bits per heavy atom. The Morgan fingerprint density at radius 3 is 2.17 bits per heavy atom. The largest absolute Gasteiger partial charge is 0.460 e. The molecule has 0 radical (unpaired) electrons. The van der Waals surface area contributed by atoms with Crippen molar-refractivity contribution in [1.29, 1.82) is 0 Å². The minimum Gasteiger partial charge on any atom is -0.460 e. The zero-order valence-electron chi connectivity index (χ0n) is 13.9. The van der Waals surface area contributed by atoms with E-state index >= 15 is 0 Å². The average molecular weight is 358 g/mol. The molecule has 8 heteroatoms. The summed E-state index contributed by atoms with van der Waals surface area (Å²) in [6, 6.07) is 6.40. The van der Waals surface area contributed by atoms with Crippen LogP contribution in [0.4, 0.5) is 0 Å². The number of primary amides is 1. The van der Waals surface area contributed by atoms with E-state index in [0.717, 1.165) is 0 Å². The van der Waals surface area contributed by atoms with Crippen LogP contribution in [0.15, 0.2) is 30.3 Å². The second kappa shape index (κ2) is 9.24. The molecule has 0 aliphatic rings. The Hall–Kier alpha value is -2.12. The van der Waals surface area contributed by atoms with Crippen molar-refractivity contribution in [3.63, 3.8) is 0 Å². The maximum Gasteiger partial charge on any atom is 0.308 e. The highest BCUT2D eigenvalue weighted by molar-refractivity contribution is 5.91. The van der Waals surface area contributed by atoms with Crippen LogP contribution >= 0.6 is 12.4 Å². The van der Waals surface area contributed by atoms with Crippen molar-refractivity contribution in [3.05, 3.63) is 35.9 Å². The lowest BCUT2D eigenvalue weighted by Crippen LogP contribution is -2.47. The zero-order chi connectivity index (χ0) is 17.6. The Labute approximate surface area is 147 Å². The van der Waals surface area contributed by atoms with Crippen molar-refractivity contribution in [2.75, 3.05) is 0 Å². The number of ether oxygens (including phenoxy) is 1. The number of carbonyl (C=O) groups excluding carboxylic acids is 3. The van der Waals surface area contributed by atoms with E-state index in [2.05, 4.69) is 5.32 Å². The number of esters is 1. The van der Waals surface area contributed by atoms with Gasteiger partial charge in [0.05, 0.1) is 12.5 Å². The fourth-order valence-electron chi connectivity index (χ4n) is 1.87. The lowest BCUT2D eigenvalue weighted by molar-refractivity contribution is -0.156. The number of amides is 2. The van der Waals surface area contributed by atoms with Gasteiger partial charge < -0.3 is 21.5 Å². The van der Waals surface area contributed by atoms with Crippen LogP contribution in [-0.2, 0) is 19.1 Å². The molecule has 0 aromatic heterocycles. The highest BCUT2D eigenvalue weighted by Gasteiger charge is 2.26. The van der Waals surface area contributed by atoms with Gasteiger partial charge in [-0.1, -0.05) is 30.3 Å². The molecule has 2 atom stereocenters. The molecule has 24 heavy (non-hydrogen) atoms. The first-order chi connectivity index (χ1) is 10.6. The normalized spacial score (nSPS) is 13.2. The lowest BCUT2D eigenvalue weighted by Gasteiger charge is -2.22. The predicted octanol–water partition coefficient (Wildman–Crippen LogP) is 0.810. The Balaban J connectivity index is 0.00000529. The van der Waals surface area contributed by atoms with Crippen LogP contribution in [0.3, 0.4) is 0 Å². The van der Waals surface area contributed by atoms with Crippen LogP contribution in [0, 0.1) is 0 Å². The van der Waals surface area contributed by atoms with Gasteiger partial charge in [0.2, 0.25) is 11.8 Å². The lowest BCUT2D eigenvalue weighted by atomic mass is 10.1. The molecule has 0 saturated carbocycles. The molecule has 0 bridgehead atoms. The molecule has 7 nitrogen and oxygen atoms in total. The van der Waals surface area contributed by atoms with Gasteiger partial charge in [-0.3, -0.25) is 14.4 Å². The third-order valence-electron chi connectivity index (χ3n) is 2.85. The number of nitrogens with two attached hydrogens (primary N) is 2. The molecule has 2 amide bonds. The number of halogens is 1. The first-order valence-corrected chi connectivity index (χ1v) is 7.22. The van der Waals surface area contributed by atoms with Gasteiger partial charge in [-0.15, -0.1) is 12.4 Å². The van der Waals surface area contributed by atoms with Gasteiger partial charge in [0, 0.05) is 0 Å². The second-order valence-electron chi connectivity index (χ2n) is 6.15. The van der Waals surface area contributed by atoms with Crippen LogP contribution < -0.4 is 16.8 Å². The van der Waals surface area contributed by atoms with Crippen molar-refractivity contribution < 1.29 is 19.1 Å². The van der Waals surface area contributed by atoms with Crippen molar-refractivity contribution in [2.45, 2.75) is 44.9 Å². The van der Waals surface area contributed by atoms with Gasteiger partial charge in [0.1, 0.15) is 11.6 Å². The number of rotatable bonds is 6. The number of carbonyl (C=O) groups is 3. The molecule has 0 unspecified atom stereocenters. The summed E-state index contributed by atoms with van der Waals surface area (Å²) in [5.74, 6) is -1.95. The molecule has 0 spiro atoms. The summed E-state index contributed by atoms with van der Waals surface area (Å²) in [6.07, 6.45) is -0.288. The van der Waals surface area contributed by atoms with Crippen molar-refractivity contribution in [3.8, 4) is 0 Å². The minimum absolute atomic E-state index is 0. The summed E-state index contributed by atoms with van der Waals surface area (Å²) in [5, 5.41) is 2.45. The SMILES string of the molecule is CC(C)(C)OC(=O)C[C@H](N)C(=O)N[C@@H](C(N)=O)c1ccccc1.Cl. The summed E-state index contributed by atoms with van der Waals surface area (Å²) in [7, 11) is 0. The van der Waals surface area contributed by atoms with Crippen molar-refractivity contribution in [1.82, 2.24) is 5.32 Å². The molecular weight excluding hydrogens is 334 g/mol. The third-order valence-corrected chi connectivity index (χ3v) is 2.85. The van der Waals surface area contributed by atoms with Crippen LogP contribution in [0.1, 0.15) is 38.8 Å². The molecule has 134 valence electrons. The quantitative estimate of drug-likeness (QED) is 0.650. The Morgan fingerprint density at radius 1 is 1.17 bits per heavy atom. The van der Waals surface area contributed by atoms with E-state index in [0.29, 0.717) is 5.56 Å². The van der Waals surface area contributed by atoms with Gasteiger partial charge in [-0.25, -0.2) is 0 Å². The van der Waals surface area contributed by atoms with Gasteiger partial charge in [-0.05, 0) is 26.3 Å². The highest BCUT2D eigenvalue weighted by Crippen LogP contribution is 2.13. The van der Waals surface area contributed by atoms with E-state index < -0.39 is 35.5 Å². The molecule has 0 heterocycles. The molecule has 5 N–H and O–H groups in total. The van der Waals surface area contributed by atoms with E-state index in [-0.39, 0.29) is 18.8 Å². The summed E-state index contributed by atoms with van der Waals surface area (Å²) >= 11 is 0. The van der Waals surface area contributed by atoms with E-state index in [1.807, 2.05) is 0 Å². The van der Waals surface area contributed by atoms with Crippen molar-refractivity contribution in [2.24, 2.45) is 11.5 Å². The maximum atomic E-state index is 12.1. The fraction of sp³-hybridized carbons (Fsp3) is 0.438.